The van der Waals surface area contributed by atoms with Gasteiger partial charge in [0, 0.05) is 6.54 Å². The molecule has 0 unspecified atom stereocenters. The van der Waals surface area contributed by atoms with E-state index in [2.05, 4.69) is 6.58 Å². The summed E-state index contributed by atoms with van der Waals surface area (Å²) in [5.41, 5.74) is 1.02. The third-order valence-corrected chi connectivity index (χ3v) is 1.75. The molecule has 1 aliphatic rings. The first-order valence-corrected chi connectivity index (χ1v) is 3.26. The summed E-state index contributed by atoms with van der Waals surface area (Å²) in [7, 11) is 0. The normalized spacial score (nSPS) is 25.5. The van der Waals surface area contributed by atoms with E-state index in [0.29, 0.717) is 6.54 Å². The van der Waals surface area contributed by atoms with Crippen LogP contribution in [-0.4, -0.2) is 35.6 Å². The van der Waals surface area contributed by atoms with E-state index in [1.165, 1.54) is 0 Å². The van der Waals surface area contributed by atoms with Gasteiger partial charge in [-0.05, 0) is 6.42 Å². The number of aliphatic hydroxyl groups excluding tert-OH is 1. The maximum atomic E-state index is 10.3. The van der Waals surface area contributed by atoms with Gasteiger partial charge in [-0.15, -0.1) is 0 Å². The van der Waals surface area contributed by atoms with Crippen LogP contribution in [-0.2, 0) is 4.79 Å². The first-order chi connectivity index (χ1) is 4.77. The van der Waals surface area contributed by atoms with Gasteiger partial charge in [-0.2, -0.15) is 0 Å². The van der Waals surface area contributed by atoms with Crippen molar-refractivity contribution >= 4 is 6.41 Å². The van der Waals surface area contributed by atoms with E-state index in [-0.39, 0.29) is 12.6 Å². The molecule has 1 amide bonds. The molecule has 0 radical (unpaired) electrons. The smallest absolute Gasteiger partial charge is 0.210 e. The lowest BCUT2D eigenvalue weighted by molar-refractivity contribution is -0.119. The second-order valence-corrected chi connectivity index (χ2v) is 2.57. The van der Waals surface area contributed by atoms with Crippen molar-refractivity contribution in [2.24, 2.45) is 0 Å². The fourth-order valence-electron chi connectivity index (χ4n) is 1.20. The Balaban J connectivity index is 2.56. The average molecular weight is 141 g/mol. The van der Waals surface area contributed by atoms with E-state index >= 15 is 0 Å². The molecule has 1 aliphatic heterocycles. The number of amides is 1. The molecule has 3 heteroatoms. The molecule has 0 bridgehead atoms. The molecule has 3 nitrogen and oxygen atoms in total. The number of rotatable bonds is 2. The molecule has 1 saturated heterocycles. The summed E-state index contributed by atoms with van der Waals surface area (Å²) in [6, 6.07) is -0.0231. The molecule has 1 atom stereocenters. The minimum absolute atomic E-state index is 0.0231. The number of likely N-dealkylation sites (tertiary alicyclic amines) is 1. The van der Waals surface area contributed by atoms with Crippen molar-refractivity contribution in [3.05, 3.63) is 12.2 Å². The zero-order valence-corrected chi connectivity index (χ0v) is 5.79. The molecule has 0 aromatic rings. The fourth-order valence-corrected chi connectivity index (χ4v) is 1.20. The lowest BCUT2D eigenvalue weighted by Gasteiger charge is -2.15. The number of aliphatic hydroxyl groups is 1. The van der Waals surface area contributed by atoms with Crippen molar-refractivity contribution in [2.75, 3.05) is 13.2 Å². The van der Waals surface area contributed by atoms with Gasteiger partial charge in [-0.1, -0.05) is 12.2 Å². The summed E-state index contributed by atoms with van der Waals surface area (Å²) < 4.78 is 0. The van der Waals surface area contributed by atoms with Gasteiger partial charge in [0.1, 0.15) is 0 Å². The Morgan fingerprint density at radius 3 is 3.00 bits per heavy atom. The van der Waals surface area contributed by atoms with E-state index in [9.17, 15) is 4.79 Å². The second-order valence-electron chi connectivity index (χ2n) is 2.57. The minimum atomic E-state index is -0.0231. The molecule has 1 heterocycles. The van der Waals surface area contributed by atoms with Gasteiger partial charge in [0.2, 0.25) is 6.41 Å². The van der Waals surface area contributed by atoms with Crippen LogP contribution in [0.2, 0.25) is 0 Å². The molecule has 0 aliphatic carbocycles. The molecule has 56 valence electrons. The van der Waals surface area contributed by atoms with Crippen LogP contribution in [0.4, 0.5) is 0 Å². The van der Waals surface area contributed by atoms with Gasteiger partial charge in [-0.25, -0.2) is 0 Å². The first kappa shape index (κ1) is 7.28. The summed E-state index contributed by atoms with van der Waals surface area (Å²) in [6.07, 6.45) is 1.51. The molecule has 0 aromatic carbocycles. The third-order valence-electron chi connectivity index (χ3n) is 1.75. The summed E-state index contributed by atoms with van der Waals surface area (Å²) in [4.78, 5) is 11.9. The van der Waals surface area contributed by atoms with Crippen LogP contribution in [0.1, 0.15) is 6.42 Å². The van der Waals surface area contributed by atoms with Gasteiger partial charge in [0.15, 0.2) is 0 Å². The van der Waals surface area contributed by atoms with Crippen molar-refractivity contribution in [2.45, 2.75) is 12.5 Å². The van der Waals surface area contributed by atoms with Crippen LogP contribution in [0.5, 0.6) is 0 Å². The molecule has 0 spiro atoms. The largest absolute Gasteiger partial charge is 0.394 e. The number of nitrogens with zero attached hydrogens (tertiary/aromatic N) is 1. The van der Waals surface area contributed by atoms with E-state index in [1.807, 2.05) is 0 Å². The van der Waals surface area contributed by atoms with Gasteiger partial charge >= 0.3 is 0 Å². The maximum Gasteiger partial charge on any atom is 0.210 e. The predicted molar refractivity (Wildman–Crippen MR) is 37.4 cm³/mol. The van der Waals surface area contributed by atoms with Crippen LogP contribution in [0.3, 0.4) is 0 Å². The molecule has 0 saturated carbocycles. The van der Waals surface area contributed by atoms with E-state index < -0.39 is 0 Å². The Morgan fingerprint density at radius 1 is 1.90 bits per heavy atom. The van der Waals surface area contributed by atoms with E-state index in [0.717, 1.165) is 18.4 Å². The molecular formula is C7H11NO2. The quantitative estimate of drug-likeness (QED) is 0.426. The molecule has 1 N–H and O–H groups in total. The molecule has 0 aromatic heterocycles. The van der Waals surface area contributed by atoms with Crippen molar-refractivity contribution in [1.82, 2.24) is 4.90 Å². The standard InChI is InChI=1S/C7H11NO2/c1-6-2-7(4-9)8(3-6)5-10/h5,7,9H,1-4H2/t7-/m0/s1. The number of carbonyl (C=O) groups excluding carboxylic acids is 1. The summed E-state index contributed by atoms with van der Waals surface area (Å²) in [5, 5.41) is 8.74. The predicted octanol–water partition coefficient (Wildman–Crippen LogP) is -0.234. The maximum absolute atomic E-state index is 10.3. The van der Waals surface area contributed by atoms with Crippen LogP contribution in [0.15, 0.2) is 12.2 Å². The van der Waals surface area contributed by atoms with Crippen molar-refractivity contribution in [1.29, 1.82) is 0 Å². The highest BCUT2D eigenvalue weighted by Crippen LogP contribution is 2.18. The van der Waals surface area contributed by atoms with Crippen LogP contribution < -0.4 is 0 Å². The topological polar surface area (TPSA) is 40.5 Å². The number of hydrogen-bond donors (Lipinski definition) is 1. The minimum Gasteiger partial charge on any atom is -0.394 e. The van der Waals surface area contributed by atoms with Gasteiger partial charge in [-0.3, -0.25) is 4.79 Å². The van der Waals surface area contributed by atoms with Crippen LogP contribution in [0.25, 0.3) is 0 Å². The van der Waals surface area contributed by atoms with Crippen LogP contribution in [0, 0.1) is 0 Å². The van der Waals surface area contributed by atoms with Crippen LogP contribution >= 0.6 is 0 Å². The van der Waals surface area contributed by atoms with Crippen molar-refractivity contribution in [3.8, 4) is 0 Å². The molecular weight excluding hydrogens is 130 g/mol. The SMILES string of the molecule is C=C1C[C@@H](CO)N(C=O)C1. The van der Waals surface area contributed by atoms with E-state index in [4.69, 9.17) is 5.11 Å². The molecule has 1 rings (SSSR count). The van der Waals surface area contributed by atoms with Gasteiger partial charge < -0.3 is 10.0 Å². The first-order valence-electron chi connectivity index (χ1n) is 3.26. The Morgan fingerprint density at radius 2 is 2.60 bits per heavy atom. The number of hydrogen-bond acceptors (Lipinski definition) is 2. The lowest BCUT2D eigenvalue weighted by Crippen LogP contribution is -2.30. The highest BCUT2D eigenvalue weighted by molar-refractivity contribution is 5.50. The fraction of sp³-hybridized carbons (Fsp3) is 0.571. The molecule has 1 fully saturated rings. The Hall–Kier alpha value is -0.830. The summed E-state index contributed by atoms with van der Waals surface area (Å²) >= 11 is 0. The third kappa shape index (κ3) is 1.19. The Kier molecular flexibility index (Phi) is 2.06. The summed E-state index contributed by atoms with van der Waals surface area (Å²) in [6.45, 7) is 4.38. The Bertz CT molecular complexity index is 156. The zero-order valence-electron chi connectivity index (χ0n) is 5.79. The average Bonchev–Trinajstić information content (AvgIpc) is 2.30. The summed E-state index contributed by atoms with van der Waals surface area (Å²) in [5.74, 6) is 0. The zero-order chi connectivity index (χ0) is 7.56. The van der Waals surface area contributed by atoms with Crippen molar-refractivity contribution in [3.63, 3.8) is 0 Å². The monoisotopic (exact) mass is 141 g/mol. The highest BCUT2D eigenvalue weighted by Gasteiger charge is 2.24. The van der Waals surface area contributed by atoms with Gasteiger partial charge in [0.25, 0.3) is 0 Å². The lowest BCUT2D eigenvalue weighted by atomic mass is 10.2. The Labute approximate surface area is 59.9 Å². The highest BCUT2D eigenvalue weighted by atomic mass is 16.3. The van der Waals surface area contributed by atoms with E-state index in [1.54, 1.807) is 4.90 Å². The molecule has 10 heavy (non-hydrogen) atoms. The van der Waals surface area contributed by atoms with Gasteiger partial charge in [0.05, 0.1) is 12.6 Å². The number of carbonyl (C=O) groups is 1. The van der Waals surface area contributed by atoms with Crippen molar-refractivity contribution < 1.29 is 9.90 Å². The second kappa shape index (κ2) is 2.84.